The number of hydrogen-bond donors (Lipinski definition) is 0. The second-order valence-corrected chi connectivity index (χ2v) is 11.5. The van der Waals surface area contributed by atoms with Crippen LogP contribution in [0.4, 0.5) is 0 Å². The molecule has 1 heterocycles. The van der Waals surface area contributed by atoms with Crippen LogP contribution in [0.25, 0.3) is 0 Å². The first-order valence-corrected chi connectivity index (χ1v) is 12.1. The SMILES string of the molecule is CCCC[C](CCCC)(CCCC)[Sn][c]1ncc(CC)cn1. The summed E-state index contributed by atoms with van der Waals surface area (Å²) in [6.07, 6.45) is 17.5. The molecule has 0 aliphatic carbocycles. The summed E-state index contributed by atoms with van der Waals surface area (Å²) in [4.78, 5) is 9.45. The van der Waals surface area contributed by atoms with Crippen molar-refractivity contribution in [2.45, 2.75) is 95.3 Å². The number of aryl methyl sites for hydroxylation is 1. The molecule has 0 bridgehead atoms. The standard InChI is InChI=1S/C13H27.C6H7N2.Sn/c1-4-7-10-13(11-8-5-2)12-9-6-3;1-2-6-3-7-5-8-4-6;/h4-12H2,1-3H3;3-4H,2H2,1H3;. The van der Waals surface area contributed by atoms with Gasteiger partial charge in [0.05, 0.1) is 0 Å². The summed E-state index contributed by atoms with van der Waals surface area (Å²) in [6, 6.07) is 0. The van der Waals surface area contributed by atoms with Gasteiger partial charge in [0, 0.05) is 0 Å². The minimum atomic E-state index is -0.742. The zero-order valence-electron chi connectivity index (χ0n) is 15.1. The molecule has 0 unspecified atom stereocenters. The molecule has 0 atom stereocenters. The van der Waals surface area contributed by atoms with Gasteiger partial charge < -0.3 is 0 Å². The summed E-state index contributed by atoms with van der Waals surface area (Å²) in [7, 11) is 0. The van der Waals surface area contributed by atoms with E-state index in [0.717, 1.165) is 6.42 Å². The first kappa shape index (κ1) is 19.9. The molecule has 0 N–H and O–H groups in total. The van der Waals surface area contributed by atoms with Gasteiger partial charge in [0.15, 0.2) is 0 Å². The average Bonchev–Trinajstić information content (AvgIpc) is 2.56. The molecule has 0 aliphatic rings. The molecule has 0 saturated carbocycles. The fourth-order valence-electron chi connectivity index (χ4n) is 2.95. The zero-order valence-corrected chi connectivity index (χ0v) is 18.0. The van der Waals surface area contributed by atoms with E-state index in [1.54, 1.807) is 0 Å². The van der Waals surface area contributed by atoms with Crippen LogP contribution in [-0.4, -0.2) is 31.1 Å². The van der Waals surface area contributed by atoms with Crippen molar-refractivity contribution in [3.63, 3.8) is 0 Å². The zero-order chi connectivity index (χ0) is 16.3. The van der Waals surface area contributed by atoms with E-state index >= 15 is 0 Å². The van der Waals surface area contributed by atoms with Crippen molar-refractivity contribution in [1.82, 2.24) is 9.97 Å². The van der Waals surface area contributed by atoms with Gasteiger partial charge in [-0.25, -0.2) is 0 Å². The molecule has 0 saturated heterocycles. The third-order valence-electron chi connectivity index (χ3n) is 4.52. The van der Waals surface area contributed by atoms with E-state index in [1.165, 1.54) is 67.2 Å². The van der Waals surface area contributed by atoms with Gasteiger partial charge in [0.2, 0.25) is 0 Å². The molecule has 1 aromatic heterocycles. The van der Waals surface area contributed by atoms with Crippen LogP contribution in [0.2, 0.25) is 3.43 Å². The number of unbranched alkanes of at least 4 members (excludes halogenated alkanes) is 3. The molecule has 1 rings (SSSR count). The van der Waals surface area contributed by atoms with Crippen molar-refractivity contribution in [3.05, 3.63) is 18.0 Å². The Morgan fingerprint density at radius 2 is 1.27 bits per heavy atom. The van der Waals surface area contributed by atoms with Crippen LogP contribution < -0.4 is 3.84 Å². The predicted molar refractivity (Wildman–Crippen MR) is 98.1 cm³/mol. The second-order valence-electron chi connectivity index (χ2n) is 6.48. The predicted octanol–water partition coefficient (Wildman–Crippen LogP) is 5.10. The van der Waals surface area contributed by atoms with Crippen molar-refractivity contribution < 1.29 is 0 Å². The van der Waals surface area contributed by atoms with Crippen molar-refractivity contribution >= 4 is 25.0 Å². The first-order chi connectivity index (χ1) is 10.7. The summed E-state index contributed by atoms with van der Waals surface area (Å²) >= 11 is -0.742. The Labute approximate surface area is 148 Å². The molecule has 3 heteroatoms. The van der Waals surface area contributed by atoms with Gasteiger partial charge in [-0.05, 0) is 0 Å². The van der Waals surface area contributed by atoms with E-state index in [-0.39, 0.29) is 0 Å². The molecule has 0 aromatic carbocycles. The molecule has 0 aliphatic heterocycles. The third-order valence-corrected chi connectivity index (χ3v) is 9.55. The Balaban J connectivity index is 2.87. The van der Waals surface area contributed by atoms with Gasteiger partial charge in [-0.1, -0.05) is 0 Å². The van der Waals surface area contributed by atoms with Crippen LogP contribution in [0.15, 0.2) is 12.4 Å². The Bertz CT molecular complexity index is 367. The summed E-state index contributed by atoms with van der Waals surface area (Å²) in [5.74, 6) is 0. The van der Waals surface area contributed by atoms with E-state index in [1.807, 2.05) is 0 Å². The number of hydrogen-bond acceptors (Lipinski definition) is 2. The molecule has 0 amide bonds. The number of rotatable bonds is 12. The number of nitrogens with zero attached hydrogens (tertiary/aromatic N) is 2. The molecular weight excluding hydrogens is 375 g/mol. The van der Waals surface area contributed by atoms with Crippen LogP contribution in [-0.2, 0) is 6.42 Å². The molecule has 2 radical (unpaired) electrons. The summed E-state index contributed by atoms with van der Waals surface area (Å²) in [5, 5.41) is 0. The van der Waals surface area contributed by atoms with Gasteiger partial charge in [0.1, 0.15) is 0 Å². The Hall–Kier alpha value is -0.121. The third kappa shape index (κ3) is 6.97. The van der Waals surface area contributed by atoms with E-state index in [0.29, 0.717) is 3.43 Å². The molecule has 124 valence electrons. The van der Waals surface area contributed by atoms with E-state index in [9.17, 15) is 0 Å². The molecule has 2 nitrogen and oxygen atoms in total. The van der Waals surface area contributed by atoms with E-state index < -0.39 is 21.1 Å². The van der Waals surface area contributed by atoms with Crippen molar-refractivity contribution in [3.8, 4) is 0 Å². The average molecular weight is 409 g/mol. The molecule has 22 heavy (non-hydrogen) atoms. The van der Waals surface area contributed by atoms with Gasteiger partial charge in [-0.3, -0.25) is 0 Å². The van der Waals surface area contributed by atoms with Gasteiger partial charge >= 0.3 is 148 Å². The van der Waals surface area contributed by atoms with E-state index in [2.05, 4.69) is 40.1 Å². The fraction of sp³-hybridized carbons (Fsp3) is 0.789. The molecule has 1 aromatic rings. The van der Waals surface area contributed by atoms with Crippen molar-refractivity contribution in [1.29, 1.82) is 0 Å². The van der Waals surface area contributed by atoms with Crippen LogP contribution in [0, 0.1) is 0 Å². The van der Waals surface area contributed by atoms with Crippen LogP contribution >= 0.6 is 0 Å². The topological polar surface area (TPSA) is 25.8 Å². The van der Waals surface area contributed by atoms with Crippen LogP contribution in [0.1, 0.15) is 91.0 Å². The normalized spacial score (nSPS) is 11.8. The maximum absolute atomic E-state index is 4.72. The summed E-state index contributed by atoms with van der Waals surface area (Å²) < 4.78 is 1.82. The van der Waals surface area contributed by atoms with Gasteiger partial charge in [-0.2, -0.15) is 0 Å². The monoisotopic (exact) mass is 410 g/mol. The van der Waals surface area contributed by atoms with E-state index in [4.69, 9.17) is 9.97 Å². The summed E-state index contributed by atoms with van der Waals surface area (Å²) in [5.41, 5.74) is 1.27. The Kier molecular flexibility index (Phi) is 10.3. The molecular formula is C19H34N2Sn. The quantitative estimate of drug-likeness (QED) is 0.449. The summed E-state index contributed by atoms with van der Waals surface area (Å²) in [6.45, 7) is 9.14. The minimum absolute atomic E-state index is 0.596. The van der Waals surface area contributed by atoms with Gasteiger partial charge in [-0.15, -0.1) is 0 Å². The van der Waals surface area contributed by atoms with Crippen molar-refractivity contribution in [2.75, 3.05) is 0 Å². The molecule has 0 fully saturated rings. The Morgan fingerprint density at radius 3 is 1.64 bits per heavy atom. The second kappa shape index (κ2) is 11.4. The fourth-order valence-corrected chi connectivity index (χ4v) is 7.62. The Morgan fingerprint density at radius 1 is 0.818 bits per heavy atom. The van der Waals surface area contributed by atoms with Gasteiger partial charge in [0.25, 0.3) is 0 Å². The molecule has 0 spiro atoms. The first-order valence-electron chi connectivity index (χ1n) is 9.28. The number of aromatic nitrogens is 2. The van der Waals surface area contributed by atoms with Crippen LogP contribution in [0.3, 0.4) is 0 Å². The van der Waals surface area contributed by atoms with Crippen molar-refractivity contribution in [2.24, 2.45) is 0 Å². The maximum atomic E-state index is 4.72. The van der Waals surface area contributed by atoms with Crippen LogP contribution in [0.5, 0.6) is 0 Å².